The number of ether oxygens (including phenoxy) is 3. The van der Waals surface area contributed by atoms with Gasteiger partial charge in [0.2, 0.25) is 0 Å². The van der Waals surface area contributed by atoms with Crippen LogP contribution in [0.5, 0.6) is 11.5 Å². The van der Waals surface area contributed by atoms with Gasteiger partial charge in [0.1, 0.15) is 11.5 Å². The number of aryl methyl sites for hydroxylation is 1. The molecule has 1 aliphatic heterocycles. The number of hydrogen-bond donors (Lipinski definition) is 0. The van der Waals surface area contributed by atoms with Crippen LogP contribution in [0, 0.1) is 6.92 Å². The van der Waals surface area contributed by atoms with Crippen LogP contribution in [0.3, 0.4) is 0 Å². The summed E-state index contributed by atoms with van der Waals surface area (Å²) in [4.78, 5) is 0. The van der Waals surface area contributed by atoms with Gasteiger partial charge in [-0.2, -0.15) is 0 Å². The van der Waals surface area contributed by atoms with Crippen LogP contribution in [-0.4, -0.2) is 46.9 Å². The van der Waals surface area contributed by atoms with Crippen molar-refractivity contribution in [3.63, 3.8) is 0 Å². The molecule has 1 atom stereocenters. The third kappa shape index (κ3) is 5.15. The molecule has 1 aliphatic rings. The third-order valence-electron chi connectivity index (χ3n) is 5.08. The Hall–Kier alpha value is -2.51. The summed E-state index contributed by atoms with van der Waals surface area (Å²) in [6.45, 7) is 4.27. The molecule has 0 saturated carbocycles. The maximum absolute atomic E-state index is 5.87. The third-order valence-corrected chi connectivity index (χ3v) is 6.01. The molecule has 0 radical (unpaired) electrons. The van der Waals surface area contributed by atoms with Gasteiger partial charge >= 0.3 is 0 Å². The molecule has 1 saturated heterocycles. The number of methoxy groups -OCH3 is 1. The Morgan fingerprint density at radius 2 is 1.83 bits per heavy atom. The highest BCUT2D eigenvalue weighted by Crippen LogP contribution is 2.27. The molecule has 2 aromatic carbocycles. The topological polar surface area (TPSA) is 58.4 Å². The molecule has 1 aromatic heterocycles. The van der Waals surface area contributed by atoms with E-state index in [1.165, 1.54) is 5.56 Å². The van der Waals surface area contributed by atoms with E-state index >= 15 is 0 Å². The average molecular weight is 426 g/mol. The summed E-state index contributed by atoms with van der Waals surface area (Å²) in [5.74, 6) is 3.36. The molecule has 6 nitrogen and oxygen atoms in total. The zero-order valence-electron chi connectivity index (χ0n) is 17.4. The molecule has 3 aromatic rings. The molecule has 0 aliphatic carbocycles. The maximum atomic E-state index is 5.87. The first-order valence-electron chi connectivity index (χ1n) is 10.2. The van der Waals surface area contributed by atoms with E-state index in [1.54, 1.807) is 18.9 Å². The van der Waals surface area contributed by atoms with E-state index in [-0.39, 0.29) is 6.10 Å². The molecule has 7 heteroatoms. The molecule has 2 heterocycles. The summed E-state index contributed by atoms with van der Waals surface area (Å²) in [6.07, 6.45) is 2.39. The van der Waals surface area contributed by atoms with Crippen molar-refractivity contribution >= 4 is 11.8 Å². The molecule has 30 heavy (non-hydrogen) atoms. The summed E-state index contributed by atoms with van der Waals surface area (Å²) >= 11 is 1.66. The van der Waals surface area contributed by atoms with Crippen molar-refractivity contribution in [2.45, 2.75) is 37.6 Å². The first-order chi connectivity index (χ1) is 14.7. The minimum Gasteiger partial charge on any atom is -0.497 e. The van der Waals surface area contributed by atoms with Gasteiger partial charge in [0.25, 0.3) is 0 Å². The average Bonchev–Trinajstić information content (AvgIpc) is 3.43. The number of nitrogens with zero attached hydrogens (tertiary/aromatic N) is 3. The zero-order chi connectivity index (χ0) is 20.8. The Morgan fingerprint density at radius 3 is 2.53 bits per heavy atom. The van der Waals surface area contributed by atoms with E-state index in [0.717, 1.165) is 59.8 Å². The lowest BCUT2D eigenvalue weighted by atomic mass is 10.2. The molecular formula is C23H27N3O3S. The normalized spacial score (nSPS) is 16.0. The fraction of sp³-hybridized carbons (Fsp3) is 0.391. The van der Waals surface area contributed by atoms with Crippen LogP contribution < -0.4 is 9.47 Å². The lowest BCUT2D eigenvalue weighted by Crippen LogP contribution is -2.17. The van der Waals surface area contributed by atoms with Gasteiger partial charge in [-0.3, -0.25) is 4.57 Å². The molecule has 0 unspecified atom stereocenters. The first-order valence-corrected chi connectivity index (χ1v) is 11.2. The van der Waals surface area contributed by atoms with Crippen LogP contribution in [0.25, 0.3) is 11.4 Å². The monoisotopic (exact) mass is 425 g/mol. The van der Waals surface area contributed by atoms with Crippen molar-refractivity contribution in [2.75, 3.05) is 26.1 Å². The highest BCUT2D eigenvalue weighted by Gasteiger charge is 2.21. The van der Waals surface area contributed by atoms with E-state index in [1.807, 2.05) is 36.4 Å². The molecular weight excluding hydrogens is 398 g/mol. The Balaban J connectivity index is 1.45. The number of rotatable bonds is 9. The summed E-state index contributed by atoms with van der Waals surface area (Å²) in [5, 5.41) is 9.84. The van der Waals surface area contributed by atoms with Gasteiger partial charge in [0, 0.05) is 17.9 Å². The highest BCUT2D eigenvalue weighted by molar-refractivity contribution is 7.99. The quantitative estimate of drug-likeness (QED) is 0.369. The maximum Gasteiger partial charge on any atom is 0.191 e. The molecule has 0 spiro atoms. The predicted octanol–water partition coefficient (Wildman–Crippen LogP) is 4.61. The zero-order valence-corrected chi connectivity index (χ0v) is 18.2. The van der Waals surface area contributed by atoms with Crippen molar-refractivity contribution in [1.82, 2.24) is 14.8 Å². The van der Waals surface area contributed by atoms with Crippen molar-refractivity contribution in [3.05, 3.63) is 54.1 Å². The second-order valence-corrected chi connectivity index (χ2v) is 8.35. The molecule has 158 valence electrons. The smallest absolute Gasteiger partial charge is 0.191 e. The predicted molar refractivity (Wildman–Crippen MR) is 118 cm³/mol. The Bertz CT molecular complexity index is 935. The molecule has 0 amide bonds. The highest BCUT2D eigenvalue weighted by atomic mass is 32.2. The van der Waals surface area contributed by atoms with Crippen LogP contribution in [-0.2, 0) is 11.3 Å². The first kappa shape index (κ1) is 20.8. The lowest BCUT2D eigenvalue weighted by molar-refractivity contribution is 0.0953. The van der Waals surface area contributed by atoms with Gasteiger partial charge in [-0.1, -0.05) is 29.5 Å². The summed E-state index contributed by atoms with van der Waals surface area (Å²) in [6, 6.07) is 16.0. The fourth-order valence-electron chi connectivity index (χ4n) is 3.43. The van der Waals surface area contributed by atoms with Crippen LogP contribution >= 0.6 is 11.8 Å². The van der Waals surface area contributed by atoms with Gasteiger partial charge in [-0.15, -0.1) is 10.2 Å². The Labute approximate surface area is 181 Å². The van der Waals surface area contributed by atoms with Crippen LogP contribution in [0.1, 0.15) is 18.4 Å². The number of benzene rings is 2. The van der Waals surface area contributed by atoms with E-state index in [9.17, 15) is 0 Å². The Morgan fingerprint density at radius 1 is 1.07 bits per heavy atom. The van der Waals surface area contributed by atoms with Gasteiger partial charge in [-0.05, 0) is 56.2 Å². The van der Waals surface area contributed by atoms with Crippen molar-refractivity contribution < 1.29 is 14.2 Å². The van der Waals surface area contributed by atoms with Crippen molar-refractivity contribution in [3.8, 4) is 22.9 Å². The second kappa shape index (κ2) is 10.00. The minimum atomic E-state index is 0.209. The van der Waals surface area contributed by atoms with E-state index < -0.39 is 0 Å². The van der Waals surface area contributed by atoms with Gasteiger partial charge in [-0.25, -0.2) is 0 Å². The molecule has 4 rings (SSSR count). The van der Waals surface area contributed by atoms with Crippen molar-refractivity contribution in [1.29, 1.82) is 0 Å². The number of aromatic nitrogens is 3. The van der Waals surface area contributed by atoms with E-state index in [0.29, 0.717) is 6.61 Å². The Kier molecular flexibility index (Phi) is 6.92. The summed E-state index contributed by atoms with van der Waals surface area (Å²) in [7, 11) is 1.67. The molecule has 0 N–H and O–H groups in total. The number of hydrogen-bond acceptors (Lipinski definition) is 6. The van der Waals surface area contributed by atoms with Crippen LogP contribution in [0.15, 0.2) is 53.7 Å². The standard InChI is InChI=1S/C23H27N3O3S/c1-17-5-9-20(10-6-17)29-14-15-30-23-25-24-22(18-7-11-19(27-2)12-8-18)26(23)16-21-4-3-13-28-21/h5-12,21H,3-4,13-16H2,1-2H3/t21-/m0/s1. The van der Waals surface area contributed by atoms with Crippen LogP contribution in [0.2, 0.25) is 0 Å². The summed E-state index contributed by atoms with van der Waals surface area (Å²) in [5.41, 5.74) is 2.24. The SMILES string of the molecule is COc1ccc(-c2nnc(SCCOc3ccc(C)cc3)n2C[C@@H]2CCCO2)cc1. The lowest BCUT2D eigenvalue weighted by Gasteiger charge is -2.15. The van der Waals surface area contributed by atoms with E-state index in [4.69, 9.17) is 14.2 Å². The van der Waals surface area contributed by atoms with Gasteiger partial charge < -0.3 is 14.2 Å². The van der Waals surface area contributed by atoms with Crippen LogP contribution in [0.4, 0.5) is 0 Å². The van der Waals surface area contributed by atoms with Crippen molar-refractivity contribution in [2.24, 2.45) is 0 Å². The second-order valence-electron chi connectivity index (χ2n) is 7.29. The molecule has 0 bridgehead atoms. The summed E-state index contributed by atoms with van der Waals surface area (Å²) < 4.78 is 19.2. The van der Waals surface area contributed by atoms with Gasteiger partial charge in [0.05, 0.1) is 26.4 Å². The largest absolute Gasteiger partial charge is 0.497 e. The minimum absolute atomic E-state index is 0.209. The number of thioether (sulfide) groups is 1. The van der Waals surface area contributed by atoms with E-state index in [2.05, 4.69) is 33.8 Å². The van der Waals surface area contributed by atoms with Gasteiger partial charge in [0.15, 0.2) is 11.0 Å². The fourth-order valence-corrected chi connectivity index (χ4v) is 4.20. The molecule has 1 fully saturated rings.